The first-order valence-electron chi connectivity index (χ1n) is 6.19. The van der Waals surface area contributed by atoms with Crippen LogP contribution in [0, 0.1) is 12.3 Å². The summed E-state index contributed by atoms with van der Waals surface area (Å²) in [7, 11) is 1.64. The monoisotopic (exact) mass is 258 g/mol. The van der Waals surface area contributed by atoms with E-state index in [-0.39, 0.29) is 6.10 Å². The van der Waals surface area contributed by atoms with Crippen molar-refractivity contribution in [1.82, 2.24) is 0 Å². The topological polar surface area (TPSA) is 27.7 Å². The Morgan fingerprint density at radius 3 is 2.58 bits per heavy atom. The molecule has 0 aromatic heterocycles. The zero-order valence-electron chi connectivity index (χ0n) is 11.5. The van der Waals surface area contributed by atoms with Crippen molar-refractivity contribution in [3.8, 4) is 18.1 Å². The van der Waals surface area contributed by atoms with Crippen molar-refractivity contribution in [2.75, 3.05) is 13.7 Å². The van der Waals surface area contributed by atoms with E-state index in [2.05, 4.69) is 5.92 Å². The molecule has 1 aromatic rings. The second-order valence-corrected chi connectivity index (χ2v) is 4.82. The van der Waals surface area contributed by atoms with E-state index in [1.807, 2.05) is 44.2 Å². The second-order valence-electron chi connectivity index (χ2n) is 4.82. The van der Waals surface area contributed by atoms with E-state index < -0.39 is 5.79 Å². The summed E-state index contributed by atoms with van der Waals surface area (Å²) in [6, 6.07) is 7.64. The minimum Gasteiger partial charge on any atom is -0.497 e. The highest BCUT2D eigenvalue weighted by Crippen LogP contribution is 2.26. The molecule has 1 heterocycles. The molecule has 1 fully saturated rings. The molecule has 100 valence electrons. The van der Waals surface area contributed by atoms with Crippen molar-refractivity contribution in [2.45, 2.75) is 25.7 Å². The third kappa shape index (κ3) is 3.37. The van der Waals surface area contributed by atoms with Gasteiger partial charge in [-0.05, 0) is 37.6 Å². The van der Waals surface area contributed by atoms with E-state index >= 15 is 0 Å². The summed E-state index contributed by atoms with van der Waals surface area (Å²) >= 11 is 0. The average molecular weight is 258 g/mol. The number of terminal acetylenes is 1. The van der Waals surface area contributed by atoms with Crippen LogP contribution in [-0.4, -0.2) is 25.6 Å². The van der Waals surface area contributed by atoms with Crippen LogP contribution in [-0.2, 0) is 9.47 Å². The quantitative estimate of drug-likeness (QED) is 0.780. The highest BCUT2D eigenvalue weighted by Gasteiger charge is 2.31. The minimum absolute atomic E-state index is 0.108. The Bertz CT molecular complexity index is 506. The van der Waals surface area contributed by atoms with Gasteiger partial charge in [-0.1, -0.05) is 18.1 Å². The number of benzene rings is 1. The van der Waals surface area contributed by atoms with Crippen molar-refractivity contribution in [3.05, 3.63) is 35.9 Å². The van der Waals surface area contributed by atoms with Gasteiger partial charge < -0.3 is 14.2 Å². The molecular weight excluding hydrogens is 240 g/mol. The maximum atomic E-state index is 5.73. The van der Waals surface area contributed by atoms with E-state index in [9.17, 15) is 0 Å². The molecule has 0 aliphatic carbocycles. The third-order valence-electron chi connectivity index (χ3n) is 2.94. The highest BCUT2D eigenvalue weighted by molar-refractivity contribution is 5.78. The van der Waals surface area contributed by atoms with Gasteiger partial charge >= 0.3 is 0 Å². The fourth-order valence-corrected chi connectivity index (χ4v) is 1.98. The summed E-state index contributed by atoms with van der Waals surface area (Å²) in [5.74, 6) is 2.96. The van der Waals surface area contributed by atoms with E-state index in [4.69, 9.17) is 20.6 Å². The Balaban J connectivity index is 2.18. The largest absolute Gasteiger partial charge is 0.497 e. The van der Waals surface area contributed by atoms with Crippen LogP contribution in [0.15, 0.2) is 30.3 Å². The number of hydrogen-bond donors (Lipinski definition) is 0. The lowest BCUT2D eigenvalue weighted by Crippen LogP contribution is -2.20. The van der Waals surface area contributed by atoms with Gasteiger partial charge in [-0.25, -0.2) is 0 Å². The summed E-state index contributed by atoms with van der Waals surface area (Å²) in [5, 5.41) is 0. The average Bonchev–Trinajstić information content (AvgIpc) is 2.75. The summed E-state index contributed by atoms with van der Waals surface area (Å²) in [5.41, 5.74) is 1.77. The van der Waals surface area contributed by atoms with Crippen LogP contribution in [0.3, 0.4) is 0 Å². The van der Waals surface area contributed by atoms with Gasteiger partial charge in [0.1, 0.15) is 11.9 Å². The second kappa shape index (κ2) is 5.48. The molecule has 2 rings (SSSR count). The first-order chi connectivity index (χ1) is 9.04. The predicted molar refractivity (Wildman–Crippen MR) is 74.7 cm³/mol. The number of ether oxygens (including phenoxy) is 3. The number of methoxy groups -OCH3 is 1. The molecule has 0 bridgehead atoms. The van der Waals surface area contributed by atoms with E-state index in [0.717, 1.165) is 16.9 Å². The third-order valence-corrected chi connectivity index (χ3v) is 2.94. The maximum absolute atomic E-state index is 5.73. The van der Waals surface area contributed by atoms with Crippen LogP contribution in [0.5, 0.6) is 5.75 Å². The Labute approximate surface area is 114 Å². The molecule has 0 saturated carbocycles. The van der Waals surface area contributed by atoms with Gasteiger partial charge in [0.05, 0.1) is 13.7 Å². The zero-order chi connectivity index (χ0) is 13.9. The van der Waals surface area contributed by atoms with Crippen LogP contribution in [0.1, 0.15) is 19.4 Å². The fourth-order valence-electron chi connectivity index (χ4n) is 1.98. The summed E-state index contributed by atoms with van der Waals surface area (Å²) < 4.78 is 16.4. The van der Waals surface area contributed by atoms with Crippen molar-refractivity contribution in [2.24, 2.45) is 0 Å². The molecular formula is C16H18O3. The molecule has 0 unspecified atom stereocenters. The van der Waals surface area contributed by atoms with Crippen LogP contribution in [0.4, 0.5) is 0 Å². The lowest BCUT2D eigenvalue weighted by Gasteiger charge is -2.16. The molecule has 3 heteroatoms. The molecule has 0 amide bonds. The van der Waals surface area contributed by atoms with Gasteiger partial charge in [-0.15, -0.1) is 6.42 Å². The summed E-state index contributed by atoms with van der Waals surface area (Å²) in [6.45, 7) is 4.31. The summed E-state index contributed by atoms with van der Waals surface area (Å²) in [6.07, 6.45) is 7.39. The predicted octanol–water partition coefficient (Wildman–Crippen LogP) is 2.86. The molecule has 1 atom stereocenters. The first kappa shape index (κ1) is 13.7. The van der Waals surface area contributed by atoms with E-state index in [1.165, 1.54) is 0 Å². The van der Waals surface area contributed by atoms with Gasteiger partial charge in [0.2, 0.25) is 0 Å². The lowest BCUT2D eigenvalue weighted by atomic mass is 10.0. The van der Waals surface area contributed by atoms with Crippen molar-refractivity contribution < 1.29 is 14.2 Å². The molecule has 19 heavy (non-hydrogen) atoms. The van der Waals surface area contributed by atoms with E-state index in [1.54, 1.807) is 7.11 Å². The molecule has 1 aromatic carbocycles. The number of hydrogen-bond acceptors (Lipinski definition) is 3. The van der Waals surface area contributed by atoms with Crippen molar-refractivity contribution in [3.63, 3.8) is 0 Å². The molecule has 0 radical (unpaired) electrons. The Morgan fingerprint density at radius 1 is 1.42 bits per heavy atom. The lowest BCUT2D eigenvalue weighted by molar-refractivity contribution is -0.133. The smallest absolute Gasteiger partial charge is 0.163 e. The van der Waals surface area contributed by atoms with Gasteiger partial charge in [0.15, 0.2) is 5.79 Å². The van der Waals surface area contributed by atoms with Gasteiger partial charge in [0, 0.05) is 5.57 Å². The maximum Gasteiger partial charge on any atom is 0.163 e. The van der Waals surface area contributed by atoms with Crippen molar-refractivity contribution in [1.29, 1.82) is 0 Å². The van der Waals surface area contributed by atoms with Gasteiger partial charge in [-0.3, -0.25) is 0 Å². The van der Waals surface area contributed by atoms with Crippen LogP contribution >= 0.6 is 0 Å². The molecule has 0 N–H and O–H groups in total. The standard InChI is InChI=1S/C16H18O3/c1-5-12(10-15-11-18-16(2,3)19-15)13-6-8-14(17-4)9-7-13/h1,6-10,15H,11H2,2-4H3/b12-10+/t15-/m0/s1. The Kier molecular flexibility index (Phi) is 3.94. The molecule has 1 aliphatic rings. The minimum atomic E-state index is -0.541. The first-order valence-corrected chi connectivity index (χ1v) is 6.19. The Hall–Kier alpha value is -1.76. The van der Waals surface area contributed by atoms with E-state index in [0.29, 0.717) is 6.61 Å². The summed E-state index contributed by atoms with van der Waals surface area (Å²) in [4.78, 5) is 0. The van der Waals surface area contributed by atoms with Crippen molar-refractivity contribution >= 4 is 5.57 Å². The van der Waals surface area contributed by atoms with Crippen LogP contribution in [0.2, 0.25) is 0 Å². The normalized spacial score (nSPS) is 22.0. The molecule has 1 aliphatic heterocycles. The fraction of sp³-hybridized carbons (Fsp3) is 0.375. The van der Waals surface area contributed by atoms with Gasteiger partial charge in [0.25, 0.3) is 0 Å². The number of allylic oxidation sites excluding steroid dienone is 1. The van der Waals surface area contributed by atoms with Crippen LogP contribution in [0.25, 0.3) is 5.57 Å². The Morgan fingerprint density at radius 2 is 2.11 bits per heavy atom. The molecule has 0 spiro atoms. The zero-order valence-corrected chi connectivity index (χ0v) is 11.5. The number of rotatable bonds is 3. The SMILES string of the molecule is C#C/C(=C\[C@H]1COC(C)(C)O1)c1ccc(OC)cc1. The van der Waals surface area contributed by atoms with Crippen LogP contribution < -0.4 is 4.74 Å². The highest BCUT2D eigenvalue weighted by atomic mass is 16.7. The molecule has 1 saturated heterocycles. The van der Waals surface area contributed by atoms with Gasteiger partial charge in [-0.2, -0.15) is 0 Å². The molecule has 3 nitrogen and oxygen atoms in total.